The summed E-state index contributed by atoms with van der Waals surface area (Å²) >= 11 is 0. The first-order valence-corrected chi connectivity index (χ1v) is 5.70. The number of alkyl halides is 1. The Hall–Kier alpha value is -2.03. The van der Waals surface area contributed by atoms with Crippen LogP contribution in [0.15, 0.2) is 42.5 Å². The number of methoxy groups -OCH3 is 1. The molecule has 0 N–H and O–H groups in total. The van der Waals surface area contributed by atoms with Crippen molar-refractivity contribution < 1.29 is 13.9 Å². The van der Waals surface area contributed by atoms with E-state index < -0.39 is 6.67 Å². The van der Waals surface area contributed by atoms with Gasteiger partial charge in [-0.25, -0.2) is 4.39 Å². The van der Waals surface area contributed by atoms with Crippen molar-refractivity contribution in [3.63, 3.8) is 0 Å². The first kappa shape index (κ1) is 12.4. The van der Waals surface area contributed by atoms with Crippen LogP contribution < -0.4 is 9.47 Å². The molecule has 3 heteroatoms. The number of ether oxygens (including phenoxy) is 2. The van der Waals surface area contributed by atoms with Crippen molar-refractivity contribution in [2.75, 3.05) is 7.11 Å². The van der Waals surface area contributed by atoms with Crippen LogP contribution in [0.2, 0.25) is 0 Å². The van der Waals surface area contributed by atoms with Crippen molar-refractivity contribution in [2.45, 2.75) is 13.6 Å². The molecule has 0 heterocycles. The molecule has 0 aliphatic carbocycles. The summed E-state index contributed by atoms with van der Waals surface area (Å²) in [5.41, 5.74) is 1.58. The van der Waals surface area contributed by atoms with E-state index in [-0.39, 0.29) is 0 Å². The van der Waals surface area contributed by atoms with E-state index in [1.807, 2.05) is 31.2 Å². The van der Waals surface area contributed by atoms with Crippen LogP contribution in [0.25, 0.3) is 0 Å². The number of hydrogen-bond donors (Lipinski definition) is 0. The summed E-state index contributed by atoms with van der Waals surface area (Å²) in [5, 5.41) is 0. The summed E-state index contributed by atoms with van der Waals surface area (Å²) in [6.07, 6.45) is 0. The Labute approximate surface area is 106 Å². The highest BCUT2D eigenvalue weighted by atomic mass is 19.1. The van der Waals surface area contributed by atoms with Gasteiger partial charge in [0.1, 0.15) is 23.9 Å². The van der Waals surface area contributed by atoms with Crippen LogP contribution in [0.5, 0.6) is 17.2 Å². The Bertz CT molecular complexity index is 521. The van der Waals surface area contributed by atoms with Crippen LogP contribution in [-0.4, -0.2) is 7.11 Å². The highest BCUT2D eigenvalue weighted by molar-refractivity contribution is 5.40. The third-order valence-electron chi connectivity index (χ3n) is 2.68. The topological polar surface area (TPSA) is 18.5 Å². The van der Waals surface area contributed by atoms with E-state index in [9.17, 15) is 4.39 Å². The summed E-state index contributed by atoms with van der Waals surface area (Å²) in [6.45, 7) is 1.45. The summed E-state index contributed by atoms with van der Waals surface area (Å²) in [6, 6.07) is 12.6. The fourth-order valence-electron chi connectivity index (χ4n) is 1.68. The van der Waals surface area contributed by atoms with E-state index in [1.54, 1.807) is 25.3 Å². The number of hydrogen-bond acceptors (Lipinski definition) is 2. The van der Waals surface area contributed by atoms with Gasteiger partial charge in [0.15, 0.2) is 0 Å². The molecule has 2 aromatic rings. The van der Waals surface area contributed by atoms with Gasteiger partial charge in [-0.1, -0.05) is 6.07 Å². The predicted octanol–water partition coefficient (Wildman–Crippen LogP) is 4.27. The van der Waals surface area contributed by atoms with Crippen molar-refractivity contribution in [3.8, 4) is 17.2 Å². The average Bonchev–Trinajstić information content (AvgIpc) is 2.42. The monoisotopic (exact) mass is 246 g/mol. The molecule has 0 aliphatic heterocycles. The van der Waals surface area contributed by atoms with Crippen molar-refractivity contribution in [2.24, 2.45) is 0 Å². The molecule has 0 radical (unpaired) electrons. The molecule has 0 bridgehead atoms. The standard InChI is InChI=1S/C15H15FO2/c1-11-9-12(10-16)3-8-15(11)18-14-6-4-13(17-2)5-7-14/h3-9H,10H2,1-2H3. The van der Waals surface area contributed by atoms with Gasteiger partial charge in [-0.3, -0.25) is 0 Å². The molecule has 0 unspecified atom stereocenters. The molecule has 2 aromatic carbocycles. The van der Waals surface area contributed by atoms with Gasteiger partial charge < -0.3 is 9.47 Å². The summed E-state index contributed by atoms with van der Waals surface area (Å²) in [5.74, 6) is 2.25. The molecule has 0 spiro atoms. The molecule has 0 fully saturated rings. The predicted molar refractivity (Wildman–Crippen MR) is 69.1 cm³/mol. The van der Waals surface area contributed by atoms with Gasteiger partial charge in [-0.15, -0.1) is 0 Å². The zero-order valence-corrected chi connectivity index (χ0v) is 10.4. The van der Waals surface area contributed by atoms with Crippen LogP contribution >= 0.6 is 0 Å². The lowest BCUT2D eigenvalue weighted by molar-refractivity contribution is 0.412. The summed E-state index contributed by atoms with van der Waals surface area (Å²) in [7, 11) is 1.62. The molecule has 18 heavy (non-hydrogen) atoms. The van der Waals surface area contributed by atoms with Gasteiger partial charge in [0.05, 0.1) is 7.11 Å². The lowest BCUT2D eigenvalue weighted by atomic mass is 10.1. The van der Waals surface area contributed by atoms with Crippen LogP contribution in [0.4, 0.5) is 4.39 Å². The number of halogens is 1. The maximum Gasteiger partial charge on any atom is 0.130 e. The Morgan fingerprint density at radius 1 is 1.00 bits per heavy atom. The zero-order chi connectivity index (χ0) is 13.0. The molecule has 0 aromatic heterocycles. The normalized spacial score (nSPS) is 10.2. The van der Waals surface area contributed by atoms with E-state index >= 15 is 0 Å². The van der Waals surface area contributed by atoms with Gasteiger partial charge in [0.2, 0.25) is 0 Å². The van der Waals surface area contributed by atoms with Crippen molar-refractivity contribution >= 4 is 0 Å². The van der Waals surface area contributed by atoms with Gasteiger partial charge in [-0.05, 0) is 54.4 Å². The van der Waals surface area contributed by atoms with Crippen LogP contribution in [0, 0.1) is 6.92 Å². The molecule has 0 aliphatic rings. The molecule has 2 rings (SSSR count). The quantitative estimate of drug-likeness (QED) is 0.802. The van der Waals surface area contributed by atoms with Crippen LogP contribution in [0.1, 0.15) is 11.1 Å². The minimum Gasteiger partial charge on any atom is -0.497 e. The molecule has 0 atom stereocenters. The fraction of sp³-hybridized carbons (Fsp3) is 0.200. The van der Waals surface area contributed by atoms with Gasteiger partial charge in [0, 0.05) is 0 Å². The van der Waals surface area contributed by atoms with E-state index in [4.69, 9.17) is 9.47 Å². The average molecular weight is 246 g/mol. The molecule has 0 amide bonds. The van der Waals surface area contributed by atoms with E-state index in [1.165, 1.54) is 0 Å². The molecule has 0 saturated carbocycles. The second-order valence-electron chi connectivity index (χ2n) is 4.01. The Morgan fingerprint density at radius 3 is 2.22 bits per heavy atom. The smallest absolute Gasteiger partial charge is 0.130 e. The van der Waals surface area contributed by atoms with Crippen molar-refractivity contribution in [1.29, 1.82) is 0 Å². The largest absolute Gasteiger partial charge is 0.497 e. The molecule has 2 nitrogen and oxygen atoms in total. The van der Waals surface area contributed by atoms with Crippen LogP contribution in [-0.2, 0) is 6.67 Å². The maximum atomic E-state index is 12.5. The first-order valence-electron chi connectivity index (χ1n) is 5.70. The van der Waals surface area contributed by atoms with Gasteiger partial charge >= 0.3 is 0 Å². The van der Waals surface area contributed by atoms with Crippen LogP contribution in [0.3, 0.4) is 0 Å². The Balaban J connectivity index is 2.17. The third-order valence-corrected chi connectivity index (χ3v) is 2.68. The number of benzene rings is 2. The summed E-state index contributed by atoms with van der Waals surface area (Å²) in [4.78, 5) is 0. The highest BCUT2D eigenvalue weighted by Crippen LogP contribution is 2.27. The second kappa shape index (κ2) is 5.54. The lowest BCUT2D eigenvalue weighted by Gasteiger charge is -2.10. The Kier molecular flexibility index (Phi) is 3.82. The molecule has 0 saturated heterocycles. The molecule has 94 valence electrons. The van der Waals surface area contributed by atoms with Gasteiger partial charge in [-0.2, -0.15) is 0 Å². The number of rotatable bonds is 4. The lowest BCUT2D eigenvalue weighted by Crippen LogP contribution is -1.90. The SMILES string of the molecule is COc1ccc(Oc2ccc(CF)cc2C)cc1. The van der Waals surface area contributed by atoms with Crippen molar-refractivity contribution in [1.82, 2.24) is 0 Å². The first-order chi connectivity index (χ1) is 8.72. The Morgan fingerprint density at radius 2 is 1.67 bits per heavy atom. The maximum absolute atomic E-state index is 12.5. The molecular weight excluding hydrogens is 231 g/mol. The van der Waals surface area contributed by atoms with E-state index in [0.717, 1.165) is 22.8 Å². The zero-order valence-electron chi connectivity index (χ0n) is 10.4. The third kappa shape index (κ3) is 2.80. The molecular formula is C15H15FO2. The fourth-order valence-corrected chi connectivity index (χ4v) is 1.68. The van der Waals surface area contributed by atoms with E-state index in [2.05, 4.69) is 0 Å². The van der Waals surface area contributed by atoms with Gasteiger partial charge in [0.25, 0.3) is 0 Å². The second-order valence-corrected chi connectivity index (χ2v) is 4.01. The van der Waals surface area contributed by atoms with E-state index in [0.29, 0.717) is 5.56 Å². The minimum atomic E-state index is -0.455. The summed E-state index contributed by atoms with van der Waals surface area (Å²) < 4.78 is 23.3. The van der Waals surface area contributed by atoms with Crippen molar-refractivity contribution in [3.05, 3.63) is 53.6 Å². The highest BCUT2D eigenvalue weighted by Gasteiger charge is 2.03. The number of aryl methyl sites for hydroxylation is 1. The minimum absolute atomic E-state index is 0.455.